The van der Waals surface area contributed by atoms with Crippen molar-refractivity contribution in [1.29, 1.82) is 0 Å². The molecule has 4 heteroatoms. The zero-order chi connectivity index (χ0) is 13.7. The van der Waals surface area contributed by atoms with Crippen LogP contribution in [0.5, 0.6) is 0 Å². The second kappa shape index (κ2) is 6.87. The minimum atomic E-state index is 0.436. The van der Waals surface area contributed by atoms with Crippen molar-refractivity contribution in [2.75, 3.05) is 13.1 Å². The molecular formula is C15H20BrN3. The Morgan fingerprint density at radius 1 is 1.32 bits per heavy atom. The van der Waals surface area contributed by atoms with Gasteiger partial charge < -0.3 is 5.32 Å². The fourth-order valence-electron chi connectivity index (χ4n) is 2.24. The molecule has 0 spiro atoms. The van der Waals surface area contributed by atoms with Crippen LogP contribution in [0.4, 0.5) is 0 Å². The molecule has 0 aliphatic rings. The normalized spacial score (nSPS) is 12.6. The molecule has 0 amide bonds. The summed E-state index contributed by atoms with van der Waals surface area (Å²) in [4.78, 5) is 0. The predicted molar refractivity (Wildman–Crippen MR) is 82.3 cm³/mol. The van der Waals surface area contributed by atoms with Crippen LogP contribution >= 0.6 is 15.9 Å². The molecule has 2 aromatic rings. The van der Waals surface area contributed by atoms with Crippen LogP contribution in [-0.2, 0) is 13.5 Å². The highest BCUT2D eigenvalue weighted by molar-refractivity contribution is 9.10. The third kappa shape index (κ3) is 3.91. The van der Waals surface area contributed by atoms with Crippen molar-refractivity contribution in [1.82, 2.24) is 15.1 Å². The second-order valence-electron chi connectivity index (χ2n) is 4.71. The maximum atomic E-state index is 4.49. The van der Waals surface area contributed by atoms with Crippen molar-refractivity contribution in [2.45, 2.75) is 19.3 Å². The Morgan fingerprint density at radius 2 is 2.11 bits per heavy atom. The molecule has 1 aromatic heterocycles. The lowest BCUT2D eigenvalue weighted by atomic mass is 9.94. The van der Waals surface area contributed by atoms with Gasteiger partial charge in [-0.3, -0.25) is 4.68 Å². The lowest BCUT2D eigenvalue weighted by Crippen LogP contribution is -2.23. The average molecular weight is 322 g/mol. The summed E-state index contributed by atoms with van der Waals surface area (Å²) in [5, 5.41) is 7.93. The van der Waals surface area contributed by atoms with E-state index in [1.54, 1.807) is 0 Å². The SMILES string of the molecule is CCNCC(Cc1ccn(C)n1)c1ccccc1Br. The molecular weight excluding hydrogens is 302 g/mol. The first kappa shape index (κ1) is 14.3. The highest BCUT2D eigenvalue weighted by Crippen LogP contribution is 2.27. The molecule has 0 bridgehead atoms. The van der Waals surface area contributed by atoms with E-state index in [9.17, 15) is 0 Å². The maximum Gasteiger partial charge on any atom is 0.0631 e. The van der Waals surface area contributed by atoms with Gasteiger partial charge in [0.2, 0.25) is 0 Å². The molecule has 0 aliphatic carbocycles. The van der Waals surface area contributed by atoms with Crippen LogP contribution in [0.3, 0.4) is 0 Å². The standard InChI is InChI=1S/C15H20BrN3/c1-3-17-11-12(10-13-8-9-19(2)18-13)14-6-4-5-7-15(14)16/h4-9,12,17H,3,10-11H2,1-2H3. The van der Waals surface area contributed by atoms with E-state index < -0.39 is 0 Å². The van der Waals surface area contributed by atoms with E-state index in [1.807, 2.05) is 17.9 Å². The zero-order valence-electron chi connectivity index (χ0n) is 11.4. The van der Waals surface area contributed by atoms with Crippen LogP contribution in [0.1, 0.15) is 24.1 Å². The number of nitrogens with zero attached hydrogens (tertiary/aromatic N) is 2. The van der Waals surface area contributed by atoms with Gasteiger partial charge in [-0.05, 0) is 30.7 Å². The lowest BCUT2D eigenvalue weighted by Gasteiger charge is -2.18. The van der Waals surface area contributed by atoms with E-state index in [1.165, 1.54) is 10.0 Å². The lowest BCUT2D eigenvalue weighted by molar-refractivity contribution is 0.582. The van der Waals surface area contributed by atoms with E-state index in [2.05, 4.69) is 63.6 Å². The van der Waals surface area contributed by atoms with Crippen molar-refractivity contribution in [3.8, 4) is 0 Å². The molecule has 0 saturated heterocycles. The Kier molecular flexibility index (Phi) is 5.16. The van der Waals surface area contributed by atoms with Crippen LogP contribution in [0, 0.1) is 0 Å². The van der Waals surface area contributed by atoms with Crippen molar-refractivity contribution >= 4 is 15.9 Å². The van der Waals surface area contributed by atoms with E-state index in [0.717, 1.165) is 25.2 Å². The third-order valence-corrected chi connectivity index (χ3v) is 3.93. The molecule has 102 valence electrons. The fourth-order valence-corrected chi connectivity index (χ4v) is 2.85. The van der Waals surface area contributed by atoms with E-state index in [-0.39, 0.29) is 0 Å². The number of hydrogen-bond acceptors (Lipinski definition) is 2. The number of benzene rings is 1. The van der Waals surface area contributed by atoms with Gasteiger partial charge in [0.05, 0.1) is 5.69 Å². The highest BCUT2D eigenvalue weighted by atomic mass is 79.9. The molecule has 1 N–H and O–H groups in total. The summed E-state index contributed by atoms with van der Waals surface area (Å²) >= 11 is 3.65. The minimum absolute atomic E-state index is 0.436. The van der Waals surface area contributed by atoms with Crippen LogP contribution in [0.2, 0.25) is 0 Å². The van der Waals surface area contributed by atoms with E-state index in [0.29, 0.717) is 5.92 Å². The summed E-state index contributed by atoms with van der Waals surface area (Å²) in [6.07, 6.45) is 2.95. The number of rotatable bonds is 6. The topological polar surface area (TPSA) is 29.9 Å². The molecule has 0 fully saturated rings. The molecule has 1 heterocycles. The Bertz CT molecular complexity index is 522. The highest BCUT2D eigenvalue weighted by Gasteiger charge is 2.15. The van der Waals surface area contributed by atoms with E-state index >= 15 is 0 Å². The van der Waals surface area contributed by atoms with Crippen LogP contribution in [0.15, 0.2) is 41.0 Å². The van der Waals surface area contributed by atoms with Gasteiger partial charge in [0.1, 0.15) is 0 Å². The minimum Gasteiger partial charge on any atom is -0.316 e. The van der Waals surface area contributed by atoms with Crippen molar-refractivity contribution in [3.05, 3.63) is 52.3 Å². The molecule has 0 radical (unpaired) electrons. The van der Waals surface area contributed by atoms with Gasteiger partial charge in [0.25, 0.3) is 0 Å². The molecule has 2 rings (SSSR count). The summed E-state index contributed by atoms with van der Waals surface area (Å²) in [7, 11) is 1.96. The van der Waals surface area contributed by atoms with Gasteiger partial charge in [0.15, 0.2) is 0 Å². The average Bonchev–Trinajstić information content (AvgIpc) is 2.81. The third-order valence-electron chi connectivity index (χ3n) is 3.21. The summed E-state index contributed by atoms with van der Waals surface area (Å²) in [6.45, 7) is 4.09. The first-order valence-electron chi connectivity index (χ1n) is 6.64. The van der Waals surface area contributed by atoms with Gasteiger partial charge in [-0.15, -0.1) is 0 Å². The molecule has 1 aromatic carbocycles. The summed E-state index contributed by atoms with van der Waals surface area (Å²) < 4.78 is 3.04. The van der Waals surface area contributed by atoms with Crippen molar-refractivity contribution in [3.63, 3.8) is 0 Å². The van der Waals surface area contributed by atoms with Gasteiger partial charge >= 0.3 is 0 Å². The summed E-state index contributed by atoms with van der Waals surface area (Å²) in [6, 6.07) is 10.5. The zero-order valence-corrected chi connectivity index (χ0v) is 13.0. The van der Waals surface area contributed by atoms with Crippen LogP contribution in [0.25, 0.3) is 0 Å². The number of aryl methyl sites for hydroxylation is 1. The largest absolute Gasteiger partial charge is 0.316 e. The quantitative estimate of drug-likeness (QED) is 0.886. The molecule has 19 heavy (non-hydrogen) atoms. The monoisotopic (exact) mass is 321 g/mol. The van der Waals surface area contributed by atoms with Gasteiger partial charge in [-0.1, -0.05) is 41.1 Å². The Morgan fingerprint density at radius 3 is 2.74 bits per heavy atom. The Hall–Kier alpha value is -1.13. The number of hydrogen-bond donors (Lipinski definition) is 1. The fraction of sp³-hybridized carbons (Fsp3) is 0.400. The number of halogens is 1. The number of nitrogens with one attached hydrogen (secondary N) is 1. The van der Waals surface area contributed by atoms with Gasteiger partial charge in [-0.2, -0.15) is 5.10 Å². The van der Waals surface area contributed by atoms with Crippen molar-refractivity contribution in [2.24, 2.45) is 7.05 Å². The molecule has 0 saturated carbocycles. The Balaban J connectivity index is 2.18. The predicted octanol–water partition coefficient (Wildman–Crippen LogP) is 3.12. The second-order valence-corrected chi connectivity index (χ2v) is 5.57. The molecule has 1 atom stereocenters. The van der Waals surface area contributed by atoms with Gasteiger partial charge in [-0.25, -0.2) is 0 Å². The summed E-state index contributed by atoms with van der Waals surface area (Å²) in [5.41, 5.74) is 2.48. The molecule has 0 aliphatic heterocycles. The van der Waals surface area contributed by atoms with Gasteiger partial charge in [0, 0.05) is 30.2 Å². The van der Waals surface area contributed by atoms with Crippen LogP contribution < -0.4 is 5.32 Å². The first-order chi connectivity index (χ1) is 9.20. The summed E-state index contributed by atoms with van der Waals surface area (Å²) in [5.74, 6) is 0.436. The number of likely N-dealkylation sites (N-methyl/N-ethyl adjacent to an activating group) is 1. The molecule has 1 unspecified atom stereocenters. The number of aromatic nitrogens is 2. The molecule has 3 nitrogen and oxygen atoms in total. The van der Waals surface area contributed by atoms with Crippen LogP contribution in [-0.4, -0.2) is 22.9 Å². The smallest absolute Gasteiger partial charge is 0.0631 e. The maximum absolute atomic E-state index is 4.49. The van der Waals surface area contributed by atoms with Crippen molar-refractivity contribution < 1.29 is 0 Å². The van der Waals surface area contributed by atoms with E-state index in [4.69, 9.17) is 0 Å². The Labute approximate surface area is 123 Å². The first-order valence-corrected chi connectivity index (χ1v) is 7.43.